The molecule has 2 N–H and O–H groups in total. The van der Waals surface area contributed by atoms with Crippen molar-refractivity contribution in [1.29, 1.82) is 0 Å². The standard InChI is InChI=1S/C15H30N2O2/c1-3-12-19-15(9-5-4-6-10-15)13-17-14(18)8-7-11-16-2/h16H,3-13H2,1-2H3,(H,17,18). The van der Waals surface area contributed by atoms with Gasteiger partial charge in [-0.15, -0.1) is 0 Å². The average Bonchev–Trinajstić information content (AvgIpc) is 2.44. The van der Waals surface area contributed by atoms with Gasteiger partial charge < -0.3 is 15.4 Å². The highest BCUT2D eigenvalue weighted by Crippen LogP contribution is 2.31. The van der Waals surface area contributed by atoms with E-state index in [0.29, 0.717) is 13.0 Å². The monoisotopic (exact) mass is 270 g/mol. The number of ether oxygens (including phenoxy) is 1. The molecule has 1 rings (SSSR count). The van der Waals surface area contributed by atoms with Crippen molar-refractivity contribution in [3.05, 3.63) is 0 Å². The quantitative estimate of drug-likeness (QED) is 0.632. The highest BCUT2D eigenvalue weighted by atomic mass is 16.5. The van der Waals surface area contributed by atoms with Gasteiger partial charge in [0, 0.05) is 19.6 Å². The van der Waals surface area contributed by atoms with Crippen molar-refractivity contribution < 1.29 is 9.53 Å². The summed E-state index contributed by atoms with van der Waals surface area (Å²) in [6.45, 7) is 4.51. The second-order valence-corrected chi connectivity index (χ2v) is 5.58. The first-order valence-electron chi connectivity index (χ1n) is 7.78. The maximum absolute atomic E-state index is 11.8. The summed E-state index contributed by atoms with van der Waals surface area (Å²) in [6.07, 6.45) is 8.45. The van der Waals surface area contributed by atoms with Crippen LogP contribution in [0.25, 0.3) is 0 Å². The number of carbonyl (C=O) groups excluding carboxylic acids is 1. The molecule has 19 heavy (non-hydrogen) atoms. The zero-order chi connectivity index (χ0) is 14.0. The summed E-state index contributed by atoms with van der Waals surface area (Å²) in [7, 11) is 1.91. The van der Waals surface area contributed by atoms with Gasteiger partial charge in [-0.2, -0.15) is 0 Å². The summed E-state index contributed by atoms with van der Waals surface area (Å²) in [5.41, 5.74) is -0.0904. The molecule has 1 amide bonds. The van der Waals surface area contributed by atoms with Gasteiger partial charge in [-0.25, -0.2) is 0 Å². The molecule has 4 heteroatoms. The Labute approximate surface area is 117 Å². The molecule has 0 bridgehead atoms. The number of nitrogens with one attached hydrogen (secondary N) is 2. The van der Waals surface area contributed by atoms with E-state index in [-0.39, 0.29) is 11.5 Å². The fraction of sp³-hybridized carbons (Fsp3) is 0.933. The second-order valence-electron chi connectivity index (χ2n) is 5.58. The Morgan fingerprint density at radius 3 is 2.63 bits per heavy atom. The Hall–Kier alpha value is -0.610. The molecule has 0 aromatic rings. The van der Waals surface area contributed by atoms with E-state index in [9.17, 15) is 4.79 Å². The third-order valence-electron chi connectivity index (χ3n) is 3.82. The van der Waals surface area contributed by atoms with Crippen molar-refractivity contribution in [2.24, 2.45) is 0 Å². The second kappa shape index (κ2) is 9.32. The minimum Gasteiger partial charge on any atom is -0.373 e. The molecule has 0 saturated heterocycles. The van der Waals surface area contributed by atoms with Gasteiger partial charge in [-0.1, -0.05) is 26.2 Å². The number of hydrogen-bond acceptors (Lipinski definition) is 3. The molecule has 1 aliphatic rings. The summed E-state index contributed by atoms with van der Waals surface area (Å²) in [6, 6.07) is 0. The molecule has 0 heterocycles. The fourth-order valence-electron chi connectivity index (χ4n) is 2.66. The summed E-state index contributed by atoms with van der Waals surface area (Å²) < 4.78 is 6.07. The predicted molar refractivity (Wildman–Crippen MR) is 78.2 cm³/mol. The molecule has 0 unspecified atom stereocenters. The van der Waals surface area contributed by atoms with Crippen molar-refractivity contribution >= 4 is 5.91 Å². The first-order valence-corrected chi connectivity index (χ1v) is 7.78. The van der Waals surface area contributed by atoms with Crippen LogP contribution in [0.1, 0.15) is 58.3 Å². The highest BCUT2D eigenvalue weighted by molar-refractivity contribution is 5.75. The fourth-order valence-corrected chi connectivity index (χ4v) is 2.66. The molecule has 0 aromatic heterocycles. The van der Waals surface area contributed by atoms with Crippen LogP contribution in [-0.4, -0.2) is 38.3 Å². The van der Waals surface area contributed by atoms with Crippen molar-refractivity contribution in [2.75, 3.05) is 26.7 Å². The maximum Gasteiger partial charge on any atom is 0.220 e. The van der Waals surface area contributed by atoms with Crippen LogP contribution < -0.4 is 10.6 Å². The zero-order valence-electron chi connectivity index (χ0n) is 12.6. The Balaban J connectivity index is 2.33. The molecule has 0 aromatic carbocycles. The molecule has 0 radical (unpaired) electrons. The summed E-state index contributed by atoms with van der Waals surface area (Å²) >= 11 is 0. The molecule has 0 spiro atoms. The van der Waals surface area contributed by atoms with E-state index in [2.05, 4.69) is 17.6 Å². The molecule has 1 aliphatic carbocycles. The molecule has 112 valence electrons. The van der Waals surface area contributed by atoms with Crippen LogP contribution in [0.3, 0.4) is 0 Å². The van der Waals surface area contributed by atoms with Crippen molar-refractivity contribution in [2.45, 2.75) is 63.9 Å². The van der Waals surface area contributed by atoms with Crippen LogP contribution in [0.5, 0.6) is 0 Å². The van der Waals surface area contributed by atoms with Gasteiger partial charge in [0.25, 0.3) is 0 Å². The molecule has 0 atom stereocenters. The molecular weight excluding hydrogens is 240 g/mol. The van der Waals surface area contributed by atoms with E-state index < -0.39 is 0 Å². The zero-order valence-corrected chi connectivity index (χ0v) is 12.6. The third-order valence-corrected chi connectivity index (χ3v) is 3.82. The maximum atomic E-state index is 11.8. The van der Waals surface area contributed by atoms with Gasteiger partial charge in [-0.3, -0.25) is 4.79 Å². The SMILES string of the molecule is CCCOC1(CNC(=O)CCCNC)CCCCC1. The minimum absolute atomic E-state index is 0.0904. The summed E-state index contributed by atoms with van der Waals surface area (Å²) in [5, 5.41) is 6.13. The summed E-state index contributed by atoms with van der Waals surface area (Å²) in [4.78, 5) is 11.8. The Morgan fingerprint density at radius 2 is 2.00 bits per heavy atom. The largest absolute Gasteiger partial charge is 0.373 e. The van der Waals surface area contributed by atoms with Crippen molar-refractivity contribution in [3.63, 3.8) is 0 Å². The number of carbonyl (C=O) groups is 1. The topological polar surface area (TPSA) is 50.4 Å². The first kappa shape index (κ1) is 16.4. The van der Waals surface area contributed by atoms with Crippen LogP contribution in [0.2, 0.25) is 0 Å². The number of hydrogen-bond donors (Lipinski definition) is 2. The van der Waals surface area contributed by atoms with Crippen LogP contribution in [0.15, 0.2) is 0 Å². The van der Waals surface area contributed by atoms with Gasteiger partial charge in [0.15, 0.2) is 0 Å². The molecule has 4 nitrogen and oxygen atoms in total. The highest BCUT2D eigenvalue weighted by Gasteiger charge is 2.32. The lowest BCUT2D eigenvalue weighted by molar-refractivity contribution is -0.124. The van der Waals surface area contributed by atoms with Gasteiger partial charge in [-0.05, 0) is 39.3 Å². The van der Waals surface area contributed by atoms with Gasteiger partial charge >= 0.3 is 0 Å². The normalized spacial score (nSPS) is 18.2. The lowest BCUT2D eigenvalue weighted by Gasteiger charge is -2.37. The molecular formula is C15H30N2O2. The van der Waals surface area contributed by atoms with Gasteiger partial charge in [0.2, 0.25) is 5.91 Å². The number of amides is 1. The Kier molecular flexibility index (Phi) is 8.07. The molecule has 1 saturated carbocycles. The van der Waals surface area contributed by atoms with E-state index in [1.165, 1.54) is 19.3 Å². The first-order chi connectivity index (χ1) is 9.22. The van der Waals surface area contributed by atoms with E-state index in [0.717, 1.165) is 38.8 Å². The lowest BCUT2D eigenvalue weighted by atomic mass is 9.84. The van der Waals surface area contributed by atoms with E-state index in [1.54, 1.807) is 0 Å². The van der Waals surface area contributed by atoms with Crippen LogP contribution >= 0.6 is 0 Å². The smallest absolute Gasteiger partial charge is 0.220 e. The van der Waals surface area contributed by atoms with Crippen molar-refractivity contribution in [1.82, 2.24) is 10.6 Å². The van der Waals surface area contributed by atoms with Crippen LogP contribution in [0.4, 0.5) is 0 Å². The van der Waals surface area contributed by atoms with Crippen LogP contribution in [-0.2, 0) is 9.53 Å². The summed E-state index contributed by atoms with van der Waals surface area (Å²) in [5.74, 6) is 0.153. The van der Waals surface area contributed by atoms with Crippen LogP contribution in [0, 0.1) is 0 Å². The Bertz CT molecular complexity index is 251. The third kappa shape index (κ3) is 6.39. The average molecular weight is 270 g/mol. The molecule has 0 aliphatic heterocycles. The van der Waals surface area contributed by atoms with Gasteiger partial charge in [0.1, 0.15) is 0 Å². The predicted octanol–water partition coefficient (Wildman–Crippen LogP) is 2.23. The lowest BCUT2D eigenvalue weighted by Crippen LogP contribution is -2.46. The minimum atomic E-state index is -0.0904. The number of rotatable bonds is 9. The van der Waals surface area contributed by atoms with E-state index in [4.69, 9.17) is 4.74 Å². The Morgan fingerprint density at radius 1 is 1.26 bits per heavy atom. The van der Waals surface area contributed by atoms with Gasteiger partial charge in [0.05, 0.1) is 5.60 Å². The van der Waals surface area contributed by atoms with E-state index >= 15 is 0 Å². The molecule has 1 fully saturated rings. The van der Waals surface area contributed by atoms with Crippen molar-refractivity contribution in [3.8, 4) is 0 Å². The van der Waals surface area contributed by atoms with E-state index in [1.807, 2.05) is 7.05 Å².